The van der Waals surface area contributed by atoms with Crippen molar-refractivity contribution in [2.45, 2.75) is 19.0 Å². The first kappa shape index (κ1) is 21.5. The van der Waals surface area contributed by atoms with Gasteiger partial charge < -0.3 is 15.0 Å². The summed E-state index contributed by atoms with van der Waals surface area (Å²) in [5, 5.41) is 10.8. The minimum atomic E-state index is -0.204. The van der Waals surface area contributed by atoms with Gasteiger partial charge in [-0.3, -0.25) is 14.7 Å². The van der Waals surface area contributed by atoms with Crippen LogP contribution in [0.15, 0.2) is 35.5 Å². The number of benzene rings is 1. The number of amides is 2. The molecule has 1 aliphatic heterocycles. The van der Waals surface area contributed by atoms with Gasteiger partial charge in [0, 0.05) is 18.0 Å². The van der Waals surface area contributed by atoms with Gasteiger partial charge >= 0.3 is 0 Å². The van der Waals surface area contributed by atoms with Crippen molar-refractivity contribution in [3.63, 3.8) is 0 Å². The minimum absolute atomic E-state index is 0.0771. The number of thioether (sulfide) groups is 1. The molecule has 8 nitrogen and oxygen atoms in total. The van der Waals surface area contributed by atoms with Crippen LogP contribution >= 0.6 is 23.1 Å². The smallest absolute Gasteiger partial charge is 0.257 e. The van der Waals surface area contributed by atoms with Crippen LogP contribution in [0.2, 0.25) is 0 Å². The normalized spacial score (nSPS) is 13.9. The number of anilines is 1. The highest BCUT2D eigenvalue weighted by molar-refractivity contribution is 7.99. The molecule has 0 aliphatic carbocycles. The molecule has 0 atom stereocenters. The minimum Gasteiger partial charge on any atom is -0.378 e. The van der Waals surface area contributed by atoms with Gasteiger partial charge in [-0.25, -0.2) is 4.98 Å². The van der Waals surface area contributed by atoms with Crippen molar-refractivity contribution in [2.24, 2.45) is 0 Å². The van der Waals surface area contributed by atoms with E-state index >= 15 is 0 Å². The average molecular weight is 458 g/mol. The van der Waals surface area contributed by atoms with E-state index in [-0.39, 0.29) is 17.6 Å². The first-order chi connectivity index (χ1) is 15.0. The monoisotopic (exact) mass is 457 g/mol. The summed E-state index contributed by atoms with van der Waals surface area (Å²) >= 11 is 2.67. The van der Waals surface area contributed by atoms with Gasteiger partial charge in [-0.15, -0.1) is 16.4 Å². The van der Waals surface area contributed by atoms with Gasteiger partial charge in [0.05, 0.1) is 24.5 Å². The number of ether oxygens (including phenoxy) is 1. The number of aryl methyl sites for hydroxylation is 1. The van der Waals surface area contributed by atoms with Crippen molar-refractivity contribution < 1.29 is 14.3 Å². The molecule has 2 amide bonds. The predicted molar refractivity (Wildman–Crippen MR) is 122 cm³/mol. The van der Waals surface area contributed by atoms with Crippen molar-refractivity contribution >= 4 is 39.9 Å². The summed E-state index contributed by atoms with van der Waals surface area (Å²) in [6.45, 7) is 5.88. The highest BCUT2D eigenvalue weighted by atomic mass is 32.2. The second kappa shape index (κ2) is 9.63. The highest BCUT2D eigenvalue weighted by Gasteiger charge is 2.28. The summed E-state index contributed by atoms with van der Waals surface area (Å²) < 4.78 is 5.38. The van der Waals surface area contributed by atoms with E-state index in [1.165, 1.54) is 23.1 Å². The molecule has 4 rings (SSSR count). The third-order valence-corrected chi connectivity index (χ3v) is 6.96. The number of rotatable bonds is 6. The second-order valence-electron chi connectivity index (χ2n) is 7.07. The zero-order valence-corrected chi connectivity index (χ0v) is 18.9. The lowest BCUT2D eigenvalue weighted by molar-refractivity contribution is -0.113. The Morgan fingerprint density at radius 2 is 1.97 bits per heavy atom. The Balaban J connectivity index is 1.59. The number of nitrogens with zero attached hydrogens (tertiary/aromatic N) is 3. The average Bonchev–Trinajstić information content (AvgIpc) is 3.35. The van der Waals surface area contributed by atoms with E-state index in [0.29, 0.717) is 47.8 Å². The van der Waals surface area contributed by atoms with Crippen LogP contribution in [-0.4, -0.2) is 64.0 Å². The number of carbonyl (C=O) groups is 2. The first-order valence-electron chi connectivity index (χ1n) is 9.90. The van der Waals surface area contributed by atoms with E-state index in [1.54, 1.807) is 11.8 Å². The van der Waals surface area contributed by atoms with E-state index in [4.69, 9.17) is 4.74 Å². The third kappa shape index (κ3) is 4.97. The van der Waals surface area contributed by atoms with Crippen molar-refractivity contribution in [3.8, 4) is 10.4 Å². The number of aromatic amines is 1. The van der Waals surface area contributed by atoms with Crippen molar-refractivity contribution in [1.82, 2.24) is 20.1 Å². The van der Waals surface area contributed by atoms with Crippen molar-refractivity contribution in [2.75, 3.05) is 37.4 Å². The zero-order valence-electron chi connectivity index (χ0n) is 17.3. The maximum atomic E-state index is 13.3. The SMILES string of the molecule is Cc1nc(SCC(=O)Nc2sc(-c3ccccc3)c(C)c2C(=O)N2CCOCC2)n[nH]1. The molecular weight excluding hydrogens is 434 g/mol. The fourth-order valence-corrected chi connectivity index (χ4v) is 5.19. The Kier molecular flexibility index (Phi) is 6.69. The van der Waals surface area contributed by atoms with E-state index in [2.05, 4.69) is 20.5 Å². The molecule has 0 bridgehead atoms. The Morgan fingerprint density at radius 3 is 2.65 bits per heavy atom. The fraction of sp³-hybridized carbons (Fsp3) is 0.333. The quantitative estimate of drug-likeness (QED) is 0.551. The number of H-pyrrole nitrogens is 1. The number of carbonyl (C=O) groups excluding carboxylic acids is 2. The summed E-state index contributed by atoms with van der Waals surface area (Å²) in [5.41, 5.74) is 2.45. The summed E-state index contributed by atoms with van der Waals surface area (Å²) in [5.74, 6) is 0.568. The standard InChI is InChI=1S/C21H23N5O3S2/c1-13-17(20(28)26-8-10-29-11-9-26)19(31-18(13)15-6-4-3-5-7-15)23-16(27)12-30-21-22-14(2)24-25-21/h3-7H,8-12H2,1-2H3,(H,23,27)(H,22,24,25). The van der Waals surface area contributed by atoms with Gasteiger partial charge in [0.25, 0.3) is 5.91 Å². The Bertz CT molecular complexity index is 1070. The lowest BCUT2D eigenvalue weighted by Crippen LogP contribution is -2.41. The molecule has 0 spiro atoms. The molecule has 3 aromatic rings. The lowest BCUT2D eigenvalue weighted by atomic mass is 10.1. The molecule has 10 heteroatoms. The van der Waals surface area contributed by atoms with Gasteiger partial charge in [0.1, 0.15) is 10.8 Å². The lowest BCUT2D eigenvalue weighted by Gasteiger charge is -2.27. The van der Waals surface area contributed by atoms with Gasteiger partial charge in [-0.2, -0.15) is 0 Å². The summed E-state index contributed by atoms with van der Waals surface area (Å²) in [4.78, 5) is 33.0. The van der Waals surface area contributed by atoms with Crippen LogP contribution < -0.4 is 5.32 Å². The molecule has 0 saturated carbocycles. The van der Waals surface area contributed by atoms with Gasteiger partial charge in [0.2, 0.25) is 11.1 Å². The number of aromatic nitrogens is 3. The second-order valence-corrected chi connectivity index (χ2v) is 9.03. The third-order valence-electron chi connectivity index (χ3n) is 4.86. The molecule has 31 heavy (non-hydrogen) atoms. The van der Waals surface area contributed by atoms with Crippen LogP contribution in [-0.2, 0) is 9.53 Å². The van der Waals surface area contributed by atoms with Gasteiger partial charge in [-0.1, -0.05) is 42.1 Å². The Morgan fingerprint density at radius 1 is 1.23 bits per heavy atom. The molecule has 1 aromatic carbocycles. The van der Waals surface area contributed by atoms with Gasteiger partial charge in [-0.05, 0) is 25.0 Å². The molecule has 1 aliphatic rings. The summed E-state index contributed by atoms with van der Waals surface area (Å²) in [7, 11) is 0. The van der Waals surface area contributed by atoms with Gasteiger partial charge in [0.15, 0.2) is 0 Å². The molecule has 162 valence electrons. The largest absolute Gasteiger partial charge is 0.378 e. The summed E-state index contributed by atoms with van der Waals surface area (Å²) in [6, 6.07) is 9.90. The van der Waals surface area contributed by atoms with Crippen LogP contribution in [0.5, 0.6) is 0 Å². The molecule has 1 fully saturated rings. The maximum absolute atomic E-state index is 13.3. The molecule has 2 N–H and O–H groups in total. The number of hydrogen-bond donors (Lipinski definition) is 2. The summed E-state index contributed by atoms with van der Waals surface area (Å²) in [6.07, 6.45) is 0. The molecule has 3 heterocycles. The maximum Gasteiger partial charge on any atom is 0.257 e. The number of morpholine rings is 1. The number of thiophene rings is 1. The number of nitrogens with one attached hydrogen (secondary N) is 2. The first-order valence-corrected chi connectivity index (χ1v) is 11.7. The Hall–Kier alpha value is -2.69. The molecule has 1 saturated heterocycles. The molecule has 2 aromatic heterocycles. The van der Waals surface area contributed by atoms with Crippen LogP contribution in [0.4, 0.5) is 5.00 Å². The number of hydrogen-bond acceptors (Lipinski definition) is 7. The van der Waals surface area contributed by atoms with Crippen LogP contribution in [0.1, 0.15) is 21.7 Å². The van der Waals surface area contributed by atoms with Crippen LogP contribution in [0, 0.1) is 13.8 Å². The van der Waals surface area contributed by atoms with Crippen LogP contribution in [0.25, 0.3) is 10.4 Å². The van der Waals surface area contributed by atoms with E-state index in [1.807, 2.05) is 37.3 Å². The zero-order chi connectivity index (χ0) is 21.8. The van der Waals surface area contributed by atoms with E-state index in [9.17, 15) is 9.59 Å². The predicted octanol–water partition coefficient (Wildman–Crippen LogP) is 3.35. The fourth-order valence-electron chi connectivity index (χ4n) is 3.33. The van der Waals surface area contributed by atoms with Crippen LogP contribution in [0.3, 0.4) is 0 Å². The van der Waals surface area contributed by atoms with Crippen molar-refractivity contribution in [3.05, 3.63) is 47.3 Å². The van der Waals surface area contributed by atoms with Crippen molar-refractivity contribution in [1.29, 1.82) is 0 Å². The van der Waals surface area contributed by atoms with E-state index in [0.717, 1.165) is 16.0 Å². The van der Waals surface area contributed by atoms with E-state index < -0.39 is 0 Å². The molecular formula is C21H23N5O3S2. The topological polar surface area (TPSA) is 100 Å². The highest BCUT2D eigenvalue weighted by Crippen LogP contribution is 2.40. The Labute approximate surface area is 188 Å². The molecule has 0 unspecified atom stereocenters. The molecule has 0 radical (unpaired) electrons.